The molecule has 1 aliphatic heterocycles. The van der Waals surface area contributed by atoms with Gasteiger partial charge in [0.2, 0.25) is 5.91 Å². The number of aryl methyl sites for hydroxylation is 1. The Kier molecular flexibility index (Phi) is 8.54. The molecule has 1 unspecified atom stereocenters. The number of aromatic hydroxyl groups is 2. The molecular weight excluding hydrogens is 497 g/mol. The minimum absolute atomic E-state index is 0.0218. The van der Waals surface area contributed by atoms with Crippen molar-refractivity contribution >= 4 is 41.0 Å². The Morgan fingerprint density at radius 3 is 2.64 bits per heavy atom. The molecule has 1 heterocycles. The topological polar surface area (TPSA) is 172 Å². The second kappa shape index (κ2) is 11.6. The van der Waals surface area contributed by atoms with E-state index in [1.54, 1.807) is 6.92 Å². The Morgan fingerprint density at radius 2 is 1.97 bits per heavy atom. The second-order valence-electron chi connectivity index (χ2n) is 8.12. The number of anilines is 1. The number of hydrogen-bond donors (Lipinski definition) is 7. The number of guanidine groups is 1. The summed E-state index contributed by atoms with van der Waals surface area (Å²) in [5, 5.41) is 40.3. The summed E-state index contributed by atoms with van der Waals surface area (Å²) in [6.07, 6.45) is -1.63. The molecule has 0 radical (unpaired) electrons. The third kappa shape index (κ3) is 7.22. The SMILES string of the molecule is Cc1cc(Cl)cc([C@@H](CC(=O)O)NC(=O)CNC(=O)c2cc(O)cc(NC3=NCC(F)CN3)c2)c1O. The molecule has 7 N–H and O–H groups in total. The van der Waals surface area contributed by atoms with Gasteiger partial charge in [-0.05, 0) is 36.8 Å². The number of nitrogens with zero attached hydrogens (tertiary/aromatic N) is 1. The second-order valence-corrected chi connectivity index (χ2v) is 8.56. The van der Waals surface area contributed by atoms with Crippen molar-refractivity contribution in [3.8, 4) is 11.5 Å². The van der Waals surface area contributed by atoms with Gasteiger partial charge in [-0.25, -0.2) is 9.38 Å². The van der Waals surface area contributed by atoms with Crippen LogP contribution in [0.25, 0.3) is 0 Å². The zero-order chi connectivity index (χ0) is 26.4. The lowest BCUT2D eigenvalue weighted by Gasteiger charge is -2.20. The van der Waals surface area contributed by atoms with Crippen molar-refractivity contribution < 1.29 is 34.1 Å². The lowest BCUT2D eigenvalue weighted by atomic mass is 10.00. The summed E-state index contributed by atoms with van der Waals surface area (Å²) in [4.78, 5) is 40.4. The molecule has 0 spiro atoms. The number of phenolic OH excluding ortho intramolecular Hbond substituents is 2. The van der Waals surface area contributed by atoms with E-state index in [-0.39, 0.29) is 46.7 Å². The summed E-state index contributed by atoms with van der Waals surface area (Å²) < 4.78 is 13.2. The first kappa shape index (κ1) is 26.5. The fourth-order valence-electron chi connectivity index (χ4n) is 3.50. The summed E-state index contributed by atoms with van der Waals surface area (Å²) in [6, 6.07) is 5.67. The quantitative estimate of drug-likeness (QED) is 0.275. The van der Waals surface area contributed by atoms with Crippen molar-refractivity contribution in [2.75, 3.05) is 25.0 Å². The summed E-state index contributed by atoms with van der Waals surface area (Å²) in [5.41, 5.74) is 0.864. The predicted molar refractivity (Wildman–Crippen MR) is 130 cm³/mol. The van der Waals surface area contributed by atoms with E-state index in [2.05, 4.69) is 26.3 Å². The Balaban J connectivity index is 1.66. The molecule has 0 fully saturated rings. The van der Waals surface area contributed by atoms with E-state index in [1.165, 1.54) is 30.3 Å². The van der Waals surface area contributed by atoms with Gasteiger partial charge in [-0.15, -0.1) is 0 Å². The van der Waals surface area contributed by atoms with Crippen molar-refractivity contribution in [2.45, 2.75) is 25.6 Å². The number of aliphatic imine (C=N–C) groups is 1. The van der Waals surface area contributed by atoms with Crippen LogP contribution in [-0.4, -0.2) is 64.9 Å². The summed E-state index contributed by atoms with van der Waals surface area (Å²) in [6.45, 7) is 1.12. The number of hydrogen-bond acceptors (Lipinski definition) is 8. The number of alkyl halides is 1. The van der Waals surface area contributed by atoms with Crippen LogP contribution in [-0.2, 0) is 9.59 Å². The summed E-state index contributed by atoms with van der Waals surface area (Å²) in [7, 11) is 0. The Morgan fingerprint density at radius 1 is 1.22 bits per heavy atom. The molecule has 0 saturated heterocycles. The largest absolute Gasteiger partial charge is 0.508 e. The van der Waals surface area contributed by atoms with Gasteiger partial charge in [0.1, 0.15) is 17.7 Å². The highest BCUT2D eigenvalue weighted by atomic mass is 35.5. The minimum Gasteiger partial charge on any atom is -0.508 e. The lowest BCUT2D eigenvalue weighted by Crippen LogP contribution is -2.41. The van der Waals surface area contributed by atoms with E-state index in [0.717, 1.165) is 0 Å². The first-order valence-electron chi connectivity index (χ1n) is 10.8. The fraction of sp³-hybridized carbons (Fsp3) is 0.304. The van der Waals surface area contributed by atoms with Crippen molar-refractivity contribution in [1.82, 2.24) is 16.0 Å². The maximum absolute atomic E-state index is 13.2. The van der Waals surface area contributed by atoms with Gasteiger partial charge in [-0.3, -0.25) is 14.4 Å². The number of benzene rings is 2. The van der Waals surface area contributed by atoms with Gasteiger partial charge in [0.15, 0.2) is 5.96 Å². The van der Waals surface area contributed by atoms with Crippen LogP contribution < -0.4 is 21.3 Å². The molecule has 0 aromatic heterocycles. The zero-order valence-electron chi connectivity index (χ0n) is 19.1. The highest BCUT2D eigenvalue weighted by molar-refractivity contribution is 6.30. The highest BCUT2D eigenvalue weighted by Gasteiger charge is 2.23. The maximum atomic E-state index is 13.2. The molecule has 0 saturated carbocycles. The number of carboxylic acid groups (broad SMARTS) is 1. The molecular formula is C23H25ClFN5O6. The standard InChI is InChI=1S/C23H25ClFN5O6/c1-11-2-13(24)5-17(21(11)35)18(7-20(33)34)30-19(32)10-26-22(36)12-3-15(6-16(31)4-12)29-23-27-8-14(25)9-28-23/h2-6,14,18,31,35H,7-10H2,1H3,(H,26,36)(H,30,32)(H,33,34)(H2,27,28,29)/t18-/m1/s1. The van der Waals surface area contributed by atoms with Crippen LogP contribution in [0.1, 0.15) is 33.9 Å². The van der Waals surface area contributed by atoms with Gasteiger partial charge < -0.3 is 36.6 Å². The normalized spacial score (nSPS) is 15.8. The van der Waals surface area contributed by atoms with Crippen LogP contribution in [0.3, 0.4) is 0 Å². The van der Waals surface area contributed by atoms with Gasteiger partial charge in [-0.2, -0.15) is 0 Å². The number of carbonyl (C=O) groups excluding carboxylic acids is 2. The average molecular weight is 522 g/mol. The predicted octanol–water partition coefficient (Wildman–Crippen LogP) is 1.83. The molecule has 2 aromatic rings. The van der Waals surface area contributed by atoms with E-state index >= 15 is 0 Å². The van der Waals surface area contributed by atoms with Crippen LogP contribution in [0.15, 0.2) is 35.3 Å². The maximum Gasteiger partial charge on any atom is 0.305 e. The number of phenols is 2. The third-order valence-electron chi connectivity index (χ3n) is 5.17. The van der Waals surface area contributed by atoms with E-state index in [9.17, 15) is 34.1 Å². The first-order chi connectivity index (χ1) is 17.0. The summed E-state index contributed by atoms with van der Waals surface area (Å²) in [5.74, 6) is -2.78. The number of aliphatic carboxylic acids is 1. The minimum atomic E-state index is -1.22. The van der Waals surface area contributed by atoms with E-state index in [1.807, 2.05) is 0 Å². The van der Waals surface area contributed by atoms with Gasteiger partial charge in [0.05, 0.1) is 32.1 Å². The molecule has 192 valence electrons. The van der Waals surface area contributed by atoms with Gasteiger partial charge >= 0.3 is 5.97 Å². The van der Waals surface area contributed by atoms with Crippen molar-refractivity contribution in [3.63, 3.8) is 0 Å². The number of carbonyl (C=O) groups is 3. The van der Waals surface area contributed by atoms with Crippen LogP contribution >= 0.6 is 11.6 Å². The molecule has 1 aliphatic rings. The van der Waals surface area contributed by atoms with Crippen molar-refractivity contribution in [3.05, 3.63) is 52.0 Å². The molecule has 11 nitrogen and oxygen atoms in total. The number of nitrogens with one attached hydrogen (secondary N) is 4. The van der Waals surface area contributed by atoms with Crippen molar-refractivity contribution in [1.29, 1.82) is 0 Å². The Bertz CT molecular complexity index is 1210. The van der Waals surface area contributed by atoms with E-state index < -0.39 is 43.0 Å². The molecule has 3 rings (SSSR count). The monoisotopic (exact) mass is 521 g/mol. The van der Waals surface area contributed by atoms with Gasteiger partial charge in [0.25, 0.3) is 5.91 Å². The molecule has 0 aliphatic carbocycles. The Labute approximate surface area is 210 Å². The average Bonchev–Trinajstić information content (AvgIpc) is 2.80. The molecule has 2 atom stereocenters. The number of carboxylic acids is 1. The number of halogens is 2. The van der Waals surface area contributed by atoms with Crippen LogP contribution in [0.5, 0.6) is 11.5 Å². The highest BCUT2D eigenvalue weighted by Crippen LogP contribution is 2.32. The van der Waals surface area contributed by atoms with Crippen LogP contribution in [0.2, 0.25) is 5.02 Å². The lowest BCUT2D eigenvalue weighted by molar-refractivity contribution is -0.137. The summed E-state index contributed by atoms with van der Waals surface area (Å²) >= 11 is 6.02. The number of amides is 2. The van der Waals surface area contributed by atoms with Crippen LogP contribution in [0, 0.1) is 6.92 Å². The fourth-order valence-corrected chi connectivity index (χ4v) is 3.78. The molecule has 2 aromatic carbocycles. The smallest absolute Gasteiger partial charge is 0.305 e. The third-order valence-corrected chi connectivity index (χ3v) is 5.39. The molecule has 13 heteroatoms. The Hall–Kier alpha value is -4.06. The van der Waals surface area contributed by atoms with Gasteiger partial charge in [-0.1, -0.05) is 11.6 Å². The van der Waals surface area contributed by atoms with Crippen molar-refractivity contribution in [2.24, 2.45) is 4.99 Å². The molecule has 0 bridgehead atoms. The van der Waals surface area contributed by atoms with E-state index in [4.69, 9.17) is 11.6 Å². The van der Waals surface area contributed by atoms with Crippen LogP contribution in [0.4, 0.5) is 10.1 Å². The molecule has 2 amide bonds. The first-order valence-corrected chi connectivity index (χ1v) is 11.2. The zero-order valence-corrected chi connectivity index (χ0v) is 19.9. The molecule has 36 heavy (non-hydrogen) atoms. The van der Waals surface area contributed by atoms with E-state index in [0.29, 0.717) is 11.3 Å². The number of rotatable bonds is 8. The van der Waals surface area contributed by atoms with Gasteiger partial charge in [0, 0.05) is 27.9 Å².